The predicted molar refractivity (Wildman–Crippen MR) is 90.0 cm³/mol. The normalized spacial score (nSPS) is 10.3. The Hall–Kier alpha value is -2.21. The third-order valence-corrected chi connectivity index (χ3v) is 3.53. The molecule has 0 bridgehead atoms. The van der Waals surface area contributed by atoms with Gasteiger partial charge in [0.05, 0.1) is 12.1 Å². The molecule has 116 valence electrons. The molecule has 0 saturated heterocycles. The molecular formula is C19H23NO2. The molecule has 1 aromatic heterocycles. The molecule has 3 heteroatoms. The summed E-state index contributed by atoms with van der Waals surface area (Å²) in [5.74, 6) is 6.31. The Bertz CT molecular complexity index is 688. The monoisotopic (exact) mass is 297 g/mol. The number of ether oxygens (including phenoxy) is 1. The maximum Gasteiger partial charge on any atom is 0.419 e. The van der Waals surface area contributed by atoms with Gasteiger partial charge in [-0.25, -0.2) is 9.36 Å². The summed E-state index contributed by atoms with van der Waals surface area (Å²) in [6.45, 7) is 4.36. The van der Waals surface area contributed by atoms with Crippen LogP contribution in [0.15, 0.2) is 30.3 Å². The zero-order chi connectivity index (χ0) is 15.8. The minimum atomic E-state index is -0.362. The predicted octanol–water partition coefficient (Wildman–Crippen LogP) is 4.97. The number of carbonyl (C=O) groups excluding carboxylic acids is 1. The number of aromatic nitrogens is 1. The lowest BCUT2D eigenvalue weighted by Gasteiger charge is -2.05. The van der Waals surface area contributed by atoms with Gasteiger partial charge < -0.3 is 4.74 Å². The van der Waals surface area contributed by atoms with Crippen molar-refractivity contribution in [3.63, 3.8) is 0 Å². The summed E-state index contributed by atoms with van der Waals surface area (Å²) in [7, 11) is 0. The van der Waals surface area contributed by atoms with Crippen molar-refractivity contribution in [1.29, 1.82) is 0 Å². The average Bonchev–Trinajstić information content (AvgIpc) is 2.89. The van der Waals surface area contributed by atoms with Gasteiger partial charge >= 0.3 is 6.09 Å². The molecule has 0 saturated carbocycles. The summed E-state index contributed by atoms with van der Waals surface area (Å²) in [5.41, 5.74) is 1.55. The SMILES string of the molecule is CCCCCCC#Cc1cc2ccccc2n1C(=O)OCC. The Labute approximate surface area is 132 Å². The van der Waals surface area contributed by atoms with E-state index < -0.39 is 0 Å². The van der Waals surface area contributed by atoms with Gasteiger partial charge in [0.15, 0.2) is 0 Å². The van der Waals surface area contributed by atoms with Crippen molar-refractivity contribution in [2.75, 3.05) is 6.61 Å². The number of fused-ring (bicyclic) bond motifs is 1. The summed E-state index contributed by atoms with van der Waals surface area (Å²) in [5, 5.41) is 1.01. The minimum Gasteiger partial charge on any atom is -0.449 e. The summed E-state index contributed by atoms with van der Waals surface area (Å²) < 4.78 is 6.72. The third-order valence-electron chi connectivity index (χ3n) is 3.53. The Balaban J connectivity index is 2.23. The van der Waals surface area contributed by atoms with Gasteiger partial charge in [0, 0.05) is 11.8 Å². The molecule has 0 fully saturated rings. The number of rotatable bonds is 5. The highest BCUT2D eigenvalue weighted by atomic mass is 16.5. The molecule has 0 N–H and O–H groups in total. The summed E-state index contributed by atoms with van der Waals surface area (Å²) >= 11 is 0. The molecule has 1 aromatic carbocycles. The average molecular weight is 297 g/mol. The van der Waals surface area contributed by atoms with Crippen LogP contribution in [0, 0.1) is 11.8 Å². The number of hydrogen-bond donors (Lipinski definition) is 0. The number of nitrogens with zero attached hydrogens (tertiary/aromatic N) is 1. The number of benzene rings is 1. The van der Waals surface area contributed by atoms with E-state index in [2.05, 4.69) is 18.8 Å². The molecule has 0 aliphatic carbocycles. The van der Waals surface area contributed by atoms with E-state index in [1.54, 1.807) is 4.57 Å². The lowest BCUT2D eigenvalue weighted by atomic mass is 10.1. The van der Waals surface area contributed by atoms with Crippen molar-refractivity contribution in [3.8, 4) is 11.8 Å². The first-order valence-corrected chi connectivity index (χ1v) is 8.04. The lowest BCUT2D eigenvalue weighted by Crippen LogP contribution is -2.14. The zero-order valence-corrected chi connectivity index (χ0v) is 13.4. The molecule has 22 heavy (non-hydrogen) atoms. The zero-order valence-electron chi connectivity index (χ0n) is 13.4. The fraction of sp³-hybridized carbons (Fsp3) is 0.421. The fourth-order valence-corrected chi connectivity index (χ4v) is 2.42. The number of hydrogen-bond acceptors (Lipinski definition) is 2. The van der Waals surface area contributed by atoms with Gasteiger partial charge in [0.25, 0.3) is 0 Å². The van der Waals surface area contributed by atoms with E-state index in [0.717, 1.165) is 23.7 Å². The van der Waals surface area contributed by atoms with Gasteiger partial charge in [-0.05, 0) is 31.4 Å². The van der Waals surface area contributed by atoms with Gasteiger partial charge in [0.1, 0.15) is 5.69 Å². The Morgan fingerprint density at radius 2 is 2.00 bits per heavy atom. The van der Waals surface area contributed by atoms with Crippen LogP contribution < -0.4 is 0 Å². The fourth-order valence-electron chi connectivity index (χ4n) is 2.42. The molecule has 2 rings (SSSR count). The highest BCUT2D eigenvalue weighted by Gasteiger charge is 2.14. The van der Waals surface area contributed by atoms with E-state index in [-0.39, 0.29) is 6.09 Å². The maximum absolute atomic E-state index is 12.2. The molecule has 0 aliphatic rings. The van der Waals surface area contributed by atoms with E-state index in [1.165, 1.54) is 19.3 Å². The van der Waals surface area contributed by atoms with Crippen LogP contribution in [0.25, 0.3) is 10.9 Å². The van der Waals surface area contributed by atoms with Crippen LogP contribution >= 0.6 is 0 Å². The van der Waals surface area contributed by atoms with Crippen LogP contribution in [0.4, 0.5) is 4.79 Å². The van der Waals surface area contributed by atoms with Crippen LogP contribution in [0.3, 0.4) is 0 Å². The second-order valence-corrected chi connectivity index (χ2v) is 5.24. The smallest absolute Gasteiger partial charge is 0.419 e. The second kappa shape index (κ2) is 8.29. The molecule has 3 nitrogen and oxygen atoms in total. The van der Waals surface area contributed by atoms with Crippen molar-refractivity contribution in [2.24, 2.45) is 0 Å². The first kappa shape index (κ1) is 16.2. The molecule has 0 aliphatic heterocycles. The highest BCUT2D eigenvalue weighted by molar-refractivity contribution is 5.91. The van der Waals surface area contributed by atoms with Gasteiger partial charge in [-0.1, -0.05) is 50.3 Å². The molecule has 0 atom stereocenters. The Morgan fingerprint density at radius 3 is 2.77 bits per heavy atom. The van der Waals surface area contributed by atoms with E-state index in [4.69, 9.17) is 4.74 Å². The topological polar surface area (TPSA) is 31.2 Å². The van der Waals surface area contributed by atoms with Crippen LogP contribution in [0.5, 0.6) is 0 Å². The van der Waals surface area contributed by atoms with Gasteiger partial charge in [-0.15, -0.1) is 0 Å². The first-order valence-electron chi connectivity index (χ1n) is 8.04. The molecule has 0 radical (unpaired) electrons. The van der Waals surface area contributed by atoms with Crippen molar-refractivity contribution in [3.05, 3.63) is 36.0 Å². The summed E-state index contributed by atoms with van der Waals surface area (Å²) in [6.07, 6.45) is 5.31. The lowest BCUT2D eigenvalue weighted by molar-refractivity contribution is 0.155. The second-order valence-electron chi connectivity index (χ2n) is 5.24. The standard InChI is InChI=1S/C19H23NO2/c1-3-5-6-7-8-9-13-17-15-16-12-10-11-14-18(16)20(17)19(21)22-4-2/h10-12,14-15H,3-8H2,1-2H3. The molecule has 0 unspecified atom stereocenters. The first-order chi connectivity index (χ1) is 10.8. The number of carbonyl (C=O) groups is 1. The van der Waals surface area contributed by atoms with Gasteiger partial charge in [-0.2, -0.15) is 0 Å². The van der Waals surface area contributed by atoms with E-state index in [9.17, 15) is 4.79 Å². The Morgan fingerprint density at radius 1 is 1.18 bits per heavy atom. The molecule has 1 heterocycles. The molecule has 2 aromatic rings. The number of unbranched alkanes of at least 4 members (excludes halogenated alkanes) is 4. The van der Waals surface area contributed by atoms with E-state index in [1.807, 2.05) is 37.3 Å². The maximum atomic E-state index is 12.2. The van der Waals surface area contributed by atoms with Crippen molar-refractivity contribution in [2.45, 2.75) is 46.0 Å². The van der Waals surface area contributed by atoms with Crippen LogP contribution in [0.1, 0.15) is 51.6 Å². The molecular weight excluding hydrogens is 274 g/mol. The number of para-hydroxylation sites is 1. The van der Waals surface area contributed by atoms with Crippen molar-refractivity contribution in [1.82, 2.24) is 4.57 Å². The van der Waals surface area contributed by atoms with Gasteiger partial charge in [-0.3, -0.25) is 0 Å². The molecule has 0 amide bonds. The van der Waals surface area contributed by atoms with Crippen molar-refractivity contribution < 1.29 is 9.53 Å². The van der Waals surface area contributed by atoms with Crippen LogP contribution in [-0.4, -0.2) is 17.3 Å². The largest absolute Gasteiger partial charge is 0.449 e. The summed E-state index contributed by atoms with van der Waals surface area (Å²) in [4.78, 5) is 12.2. The Kier molecular flexibility index (Phi) is 6.09. The van der Waals surface area contributed by atoms with Gasteiger partial charge in [0.2, 0.25) is 0 Å². The van der Waals surface area contributed by atoms with E-state index in [0.29, 0.717) is 12.3 Å². The quantitative estimate of drug-likeness (QED) is 0.576. The highest BCUT2D eigenvalue weighted by Crippen LogP contribution is 2.19. The summed E-state index contributed by atoms with van der Waals surface area (Å²) in [6, 6.07) is 9.72. The van der Waals surface area contributed by atoms with E-state index >= 15 is 0 Å². The van der Waals surface area contributed by atoms with Crippen LogP contribution in [-0.2, 0) is 4.74 Å². The molecule has 0 spiro atoms. The van der Waals surface area contributed by atoms with Crippen LogP contribution in [0.2, 0.25) is 0 Å². The third kappa shape index (κ3) is 3.92. The van der Waals surface area contributed by atoms with Crippen molar-refractivity contribution >= 4 is 17.0 Å². The minimum absolute atomic E-state index is 0.356.